The fourth-order valence-electron chi connectivity index (χ4n) is 3.03. The second-order valence-electron chi connectivity index (χ2n) is 6.65. The highest BCUT2D eigenvalue weighted by Gasteiger charge is 2.21. The molecule has 140 valence electrons. The van der Waals surface area contributed by atoms with Crippen LogP contribution < -0.4 is 15.8 Å². The van der Waals surface area contributed by atoms with E-state index in [2.05, 4.69) is 10.3 Å². The van der Waals surface area contributed by atoms with Crippen molar-refractivity contribution in [1.29, 1.82) is 0 Å². The maximum absolute atomic E-state index is 12.5. The lowest BCUT2D eigenvalue weighted by atomic mass is 10.1. The van der Waals surface area contributed by atoms with Gasteiger partial charge >= 0.3 is 0 Å². The highest BCUT2D eigenvalue weighted by molar-refractivity contribution is 6.31. The molecule has 2 aromatic carbocycles. The van der Waals surface area contributed by atoms with Gasteiger partial charge in [-0.25, -0.2) is 4.98 Å². The van der Waals surface area contributed by atoms with E-state index >= 15 is 0 Å². The zero-order valence-electron chi connectivity index (χ0n) is 15.3. The van der Waals surface area contributed by atoms with Crippen molar-refractivity contribution in [3.05, 3.63) is 75.8 Å². The number of carbonyl (C=O) groups excluding carboxylic acids is 1. The summed E-state index contributed by atoms with van der Waals surface area (Å²) in [5.41, 5.74) is 1.37. The Morgan fingerprint density at radius 1 is 1.19 bits per heavy atom. The van der Waals surface area contributed by atoms with Crippen LogP contribution in [0, 0.1) is 0 Å². The quantitative estimate of drug-likeness (QED) is 0.666. The zero-order chi connectivity index (χ0) is 19.4. The van der Waals surface area contributed by atoms with Crippen LogP contribution in [0.2, 0.25) is 5.02 Å². The monoisotopic (exact) mass is 385 g/mol. The van der Waals surface area contributed by atoms with Crippen molar-refractivity contribution in [2.75, 3.05) is 20.6 Å². The zero-order valence-corrected chi connectivity index (χ0v) is 16.0. The molecule has 0 aliphatic rings. The van der Waals surface area contributed by atoms with E-state index in [4.69, 9.17) is 11.6 Å². The van der Waals surface area contributed by atoms with E-state index in [9.17, 15) is 9.59 Å². The molecule has 0 saturated heterocycles. The molecule has 1 heterocycles. The minimum absolute atomic E-state index is 0.00843. The number of amides is 1. The highest BCUT2D eigenvalue weighted by Crippen LogP contribution is 2.20. The SMILES string of the molecule is C[NH+](C)[C@@H](CNC(=O)Cn1cnc2ccccc2c1=O)c1ccccc1Cl. The largest absolute Gasteiger partial charge is 0.348 e. The van der Waals surface area contributed by atoms with E-state index in [0.29, 0.717) is 22.5 Å². The summed E-state index contributed by atoms with van der Waals surface area (Å²) < 4.78 is 1.32. The van der Waals surface area contributed by atoms with Crippen molar-refractivity contribution in [2.45, 2.75) is 12.6 Å². The molecule has 0 unspecified atom stereocenters. The fraction of sp³-hybridized carbons (Fsp3) is 0.250. The predicted molar refractivity (Wildman–Crippen MR) is 106 cm³/mol. The Bertz CT molecular complexity index is 1020. The van der Waals surface area contributed by atoms with Gasteiger partial charge in [0.1, 0.15) is 12.6 Å². The van der Waals surface area contributed by atoms with Gasteiger partial charge in [0, 0.05) is 10.6 Å². The molecule has 1 atom stereocenters. The molecule has 2 N–H and O–H groups in total. The van der Waals surface area contributed by atoms with Gasteiger partial charge in [-0.1, -0.05) is 41.9 Å². The molecule has 0 bridgehead atoms. The number of carbonyl (C=O) groups is 1. The maximum atomic E-state index is 12.5. The number of hydrogen-bond donors (Lipinski definition) is 2. The molecule has 0 aliphatic heterocycles. The molecular weight excluding hydrogens is 364 g/mol. The first-order valence-electron chi connectivity index (χ1n) is 8.72. The molecule has 0 fully saturated rings. The van der Waals surface area contributed by atoms with E-state index in [1.54, 1.807) is 18.2 Å². The van der Waals surface area contributed by atoms with Crippen molar-refractivity contribution < 1.29 is 9.69 Å². The first kappa shape index (κ1) is 19.1. The van der Waals surface area contributed by atoms with Gasteiger partial charge in [0.25, 0.3) is 5.56 Å². The summed E-state index contributed by atoms with van der Waals surface area (Å²) in [7, 11) is 4.02. The molecule has 0 saturated carbocycles. The molecule has 27 heavy (non-hydrogen) atoms. The van der Waals surface area contributed by atoms with Crippen LogP contribution in [0.15, 0.2) is 59.7 Å². The van der Waals surface area contributed by atoms with Gasteiger partial charge < -0.3 is 10.2 Å². The van der Waals surface area contributed by atoms with E-state index in [1.807, 2.05) is 44.4 Å². The third-order valence-corrected chi connectivity index (χ3v) is 4.87. The summed E-state index contributed by atoms with van der Waals surface area (Å²) in [6.45, 7) is 0.343. The summed E-state index contributed by atoms with van der Waals surface area (Å²) in [5.74, 6) is -0.243. The van der Waals surface area contributed by atoms with Crippen LogP contribution in [0.3, 0.4) is 0 Å². The molecule has 1 amide bonds. The molecule has 0 aliphatic carbocycles. The summed E-state index contributed by atoms with van der Waals surface area (Å²) in [6.07, 6.45) is 1.41. The van der Waals surface area contributed by atoms with Crippen molar-refractivity contribution in [3.63, 3.8) is 0 Å². The van der Waals surface area contributed by atoms with Crippen molar-refractivity contribution in [3.8, 4) is 0 Å². The first-order chi connectivity index (χ1) is 13.0. The smallest absolute Gasteiger partial charge is 0.261 e. The van der Waals surface area contributed by atoms with Crippen LogP contribution in [-0.2, 0) is 11.3 Å². The predicted octanol–water partition coefficient (Wildman–Crippen LogP) is 1.05. The molecule has 7 heteroatoms. The number of likely N-dealkylation sites (N-methyl/N-ethyl adjacent to an activating group) is 1. The van der Waals surface area contributed by atoms with Gasteiger partial charge in [-0.2, -0.15) is 0 Å². The van der Waals surface area contributed by atoms with Crippen LogP contribution in [0.25, 0.3) is 10.9 Å². The van der Waals surface area contributed by atoms with Crippen molar-refractivity contribution in [2.24, 2.45) is 0 Å². The molecule has 3 aromatic rings. The Balaban J connectivity index is 1.71. The van der Waals surface area contributed by atoms with Crippen LogP contribution in [0.1, 0.15) is 11.6 Å². The Hall–Kier alpha value is -2.70. The number of benzene rings is 2. The number of nitrogens with zero attached hydrogens (tertiary/aromatic N) is 2. The molecule has 0 radical (unpaired) electrons. The molecule has 0 spiro atoms. The minimum Gasteiger partial charge on any atom is -0.348 e. The van der Waals surface area contributed by atoms with Crippen LogP contribution in [-0.4, -0.2) is 36.1 Å². The lowest BCUT2D eigenvalue weighted by Crippen LogP contribution is -3.07. The van der Waals surface area contributed by atoms with Crippen molar-refractivity contribution in [1.82, 2.24) is 14.9 Å². The Morgan fingerprint density at radius 2 is 1.89 bits per heavy atom. The number of para-hydroxylation sites is 1. The fourth-order valence-corrected chi connectivity index (χ4v) is 3.30. The normalized spacial score (nSPS) is 12.3. The molecule has 3 rings (SSSR count). The van der Waals surface area contributed by atoms with Crippen molar-refractivity contribution >= 4 is 28.4 Å². The van der Waals surface area contributed by atoms with Gasteiger partial charge in [0.15, 0.2) is 0 Å². The third kappa shape index (κ3) is 4.35. The second kappa shape index (κ2) is 8.33. The van der Waals surface area contributed by atoms with Crippen LogP contribution in [0.4, 0.5) is 0 Å². The summed E-state index contributed by atoms with van der Waals surface area (Å²) in [4.78, 5) is 30.3. The Morgan fingerprint density at radius 3 is 2.63 bits per heavy atom. The van der Waals surface area contributed by atoms with Gasteiger partial charge in [-0.15, -0.1) is 0 Å². The summed E-state index contributed by atoms with van der Waals surface area (Å²) in [6, 6.07) is 14.7. The minimum atomic E-state index is -0.243. The standard InChI is InChI=1S/C20H21ClN4O2/c1-24(2)18(14-7-3-5-9-16(14)21)11-22-19(26)12-25-13-23-17-10-6-4-8-15(17)20(25)27/h3-10,13,18H,11-12H2,1-2H3,(H,22,26)/p+1/t18-/m0/s1. The second-order valence-corrected chi connectivity index (χ2v) is 7.06. The number of rotatable bonds is 6. The Labute approximate surface area is 162 Å². The number of quaternary nitrogens is 1. The lowest BCUT2D eigenvalue weighted by molar-refractivity contribution is -0.890. The molecular formula is C20H22ClN4O2+. The van der Waals surface area contributed by atoms with E-state index < -0.39 is 0 Å². The Kier molecular flexibility index (Phi) is 5.88. The van der Waals surface area contributed by atoms with Crippen LogP contribution >= 0.6 is 11.6 Å². The molecule has 6 nitrogen and oxygen atoms in total. The average Bonchev–Trinajstić information content (AvgIpc) is 2.65. The number of fused-ring (bicyclic) bond motifs is 1. The number of hydrogen-bond acceptors (Lipinski definition) is 3. The summed E-state index contributed by atoms with van der Waals surface area (Å²) >= 11 is 6.30. The first-order valence-corrected chi connectivity index (χ1v) is 9.10. The third-order valence-electron chi connectivity index (χ3n) is 4.53. The van der Waals surface area contributed by atoms with E-state index in [0.717, 1.165) is 10.5 Å². The topological polar surface area (TPSA) is 68.4 Å². The summed E-state index contributed by atoms with van der Waals surface area (Å²) in [5, 5.41) is 4.08. The highest BCUT2D eigenvalue weighted by atomic mass is 35.5. The van der Waals surface area contributed by atoms with E-state index in [-0.39, 0.29) is 24.1 Å². The van der Waals surface area contributed by atoms with Gasteiger partial charge in [0.05, 0.1) is 37.9 Å². The van der Waals surface area contributed by atoms with E-state index in [1.165, 1.54) is 10.9 Å². The van der Waals surface area contributed by atoms with Gasteiger partial charge in [0.2, 0.25) is 5.91 Å². The number of nitrogens with one attached hydrogen (secondary N) is 2. The van der Waals surface area contributed by atoms with Gasteiger partial charge in [-0.05, 0) is 18.2 Å². The molecule has 1 aromatic heterocycles. The van der Waals surface area contributed by atoms with Gasteiger partial charge in [-0.3, -0.25) is 14.2 Å². The lowest BCUT2D eigenvalue weighted by Gasteiger charge is -2.23. The average molecular weight is 386 g/mol. The number of halogens is 1. The van der Waals surface area contributed by atoms with Crippen LogP contribution in [0.5, 0.6) is 0 Å². The number of aromatic nitrogens is 2. The maximum Gasteiger partial charge on any atom is 0.261 e.